The van der Waals surface area contributed by atoms with Crippen LogP contribution in [0.1, 0.15) is 17.9 Å². The highest BCUT2D eigenvalue weighted by molar-refractivity contribution is 5.21. The molecule has 1 fully saturated rings. The number of aromatic nitrogens is 1. The van der Waals surface area contributed by atoms with Gasteiger partial charge >= 0.3 is 0 Å². The third-order valence-corrected chi connectivity index (χ3v) is 2.88. The van der Waals surface area contributed by atoms with Crippen molar-refractivity contribution in [3.8, 4) is 0 Å². The van der Waals surface area contributed by atoms with Gasteiger partial charge in [0.05, 0.1) is 12.2 Å². The van der Waals surface area contributed by atoms with E-state index in [2.05, 4.69) is 4.98 Å². The molecular formula is C10H14N2O2. The number of rotatable bonds is 1. The molecule has 0 amide bonds. The maximum Gasteiger partial charge on any atom is 0.0955 e. The first-order valence-electron chi connectivity index (χ1n) is 4.72. The average Bonchev–Trinajstić information content (AvgIpc) is 2.47. The molecular weight excluding hydrogens is 180 g/mol. The molecule has 4 atom stereocenters. The van der Waals surface area contributed by atoms with E-state index in [4.69, 9.17) is 5.73 Å². The fraction of sp³-hybridized carbons (Fsp3) is 0.500. The zero-order chi connectivity index (χ0) is 10.1. The zero-order valence-corrected chi connectivity index (χ0v) is 7.74. The van der Waals surface area contributed by atoms with Gasteiger partial charge < -0.3 is 15.9 Å². The van der Waals surface area contributed by atoms with E-state index in [1.165, 1.54) is 0 Å². The highest BCUT2D eigenvalue weighted by Gasteiger charge is 2.39. The Morgan fingerprint density at radius 2 is 1.93 bits per heavy atom. The topological polar surface area (TPSA) is 79.4 Å². The smallest absolute Gasteiger partial charge is 0.0955 e. The minimum Gasteiger partial charge on any atom is -0.390 e. The van der Waals surface area contributed by atoms with Gasteiger partial charge in [-0.1, -0.05) is 0 Å². The lowest BCUT2D eigenvalue weighted by Gasteiger charge is -2.16. The normalized spacial score (nSPS) is 37.4. The van der Waals surface area contributed by atoms with Crippen LogP contribution in [0.25, 0.3) is 0 Å². The van der Waals surface area contributed by atoms with Crippen LogP contribution in [0.15, 0.2) is 24.5 Å². The molecule has 1 aromatic rings. The molecule has 4 nitrogen and oxygen atoms in total. The van der Waals surface area contributed by atoms with Crippen LogP contribution in [0.3, 0.4) is 0 Å². The maximum atomic E-state index is 9.51. The van der Waals surface area contributed by atoms with Crippen LogP contribution >= 0.6 is 0 Å². The Hall–Kier alpha value is -0.970. The highest BCUT2D eigenvalue weighted by atomic mass is 16.3. The van der Waals surface area contributed by atoms with Gasteiger partial charge in [-0.2, -0.15) is 0 Å². The number of aliphatic hydroxyl groups excluding tert-OH is 2. The van der Waals surface area contributed by atoms with Gasteiger partial charge in [0.15, 0.2) is 0 Å². The fourth-order valence-corrected chi connectivity index (χ4v) is 2.02. The molecule has 14 heavy (non-hydrogen) atoms. The Kier molecular flexibility index (Phi) is 2.50. The van der Waals surface area contributed by atoms with Crippen molar-refractivity contribution in [3.63, 3.8) is 0 Å². The second kappa shape index (κ2) is 3.65. The van der Waals surface area contributed by atoms with Crippen molar-refractivity contribution in [2.24, 2.45) is 5.73 Å². The summed E-state index contributed by atoms with van der Waals surface area (Å²) in [6.45, 7) is 0. The molecule has 2 rings (SSSR count). The number of aliphatic hydroxyl groups is 2. The molecule has 0 radical (unpaired) electrons. The quantitative estimate of drug-likeness (QED) is 0.569. The van der Waals surface area contributed by atoms with E-state index >= 15 is 0 Å². The lowest BCUT2D eigenvalue weighted by molar-refractivity contribution is 0.0363. The summed E-state index contributed by atoms with van der Waals surface area (Å²) in [6, 6.07) is 3.36. The van der Waals surface area contributed by atoms with Crippen LogP contribution < -0.4 is 5.73 Å². The summed E-state index contributed by atoms with van der Waals surface area (Å²) in [7, 11) is 0. The van der Waals surface area contributed by atoms with Crippen molar-refractivity contribution in [1.29, 1.82) is 0 Å². The summed E-state index contributed by atoms with van der Waals surface area (Å²) in [5.74, 6) is 0.0306. The minimum absolute atomic E-state index is 0.0306. The van der Waals surface area contributed by atoms with Crippen molar-refractivity contribution >= 4 is 0 Å². The molecule has 0 saturated heterocycles. The highest BCUT2D eigenvalue weighted by Crippen LogP contribution is 2.33. The summed E-state index contributed by atoms with van der Waals surface area (Å²) in [4.78, 5) is 3.91. The van der Waals surface area contributed by atoms with Gasteiger partial charge in [-0.15, -0.1) is 0 Å². The number of hydrogen-bond acceptors (Lipinski definition) is 4. The molecule has 0 spiro atoms. The molecule has 1 heterocycles. The summed E-state index contributed by atoms with van der Waals surface area (Å²) < 4.78 is 0. The molecule has 0 aromatic carbocycles. The molecule has 76 valence electrons. The third-order valence-electron chi connectivity index (χ3n) is 2.88. The molecule has 0 unspecified atom stereocenters. The largest absolute Gasteiger partial charge is 0.390 e. The van der Waals surface area contributed by atoms with E-state index in [0.29, 0.717) is 6.42 Å². The Labute approximate surface area is 82.4 Å². The zero-order valence-electron chi connectivity index (χ0n) is 7.74. The van der Waals surface area contributed by atoms with Crippen LogP contribution in [-0.4, -0.2) is 33.4 Å². The molecule has 1 aliphatic rings. The van der Waals surface area contributed by atoms with E-state index in [-0.39, 0.29) is 12.0 Å². The average molecular weight is 194 g/mol. The van der Waals surface area contributed by atoms with Crippen molar-refractivity contribution in [3.05, 3.63) is 30.1 Å². The fourth-order valence-electron chi connectivity index (χ4n) is 2.02. The van der Waals surface area contributed by atoms with Crippen molar-refractivity contribution in [2.75, 3.05) is 0 Å². The first kappa shape index (κ1) is 9.58. The molecule has 0 aliphatic heterocycles. The molecule has 0 bridgehead atoms. The predicted octanol–water partition coefficient (Wildman–Crippen LogP) is -0.382. The van der Waals surface area contributed by atoms with Gasteiger partial charge in [-0.05, 0) is 24.1 Å². The van der Waals surface area contributed by atoms with Crippen LogP contribution in [0.2, 0.25) is 0 Å². The number of nitrogens with two attached hydrogens (primary N) is 1. The van der Waals surface area contributed by atoms with Crippen molar-refractivity contribution in [2.45, 2.75) is 30.6 Å². The first-order valence-corrected chi connectivity index (χ1v) is 4.72. The third kappa shape index (κ3) is 1.52. The minimum atomic E-state index is -0.812. The number of pyridine rings is 1. The van der Waals surface area contributed by atoms with E-state index < -0.39 is 12.2 Å². The Morgan fingerprint density at radius 1 is 1.29 bits per heavy atom. The lowest BCUT2D eigenvalue weighted by atomic mass is 9.95. The summed E-state index contributed by atoms with van der Waals surface area (Å²) in [6.07, 6.45) is 2.39. The van der Waals surface area contributed by atoms with E-state index in [0.717, 1.165) is 5.56 Å². The Morgan fingerprint density at radius 3 is 2.43 bits per heavy atom. The van der Waals surface area contributed by atoms with Gasteiger partial charge in [0.25, 0.3) is 0 Å². The number of hydrogen-bond donors (Lipinski definition) is 3. The van der Waals surface area contributed by atoms with E-state index in [1.54, 1.807) is 12.4 Å². The summed E-state index contributed by atoms with van der Waals surface area (Å²) in [5.41, 5.74) is 6.85. The molecule has 4 heteroatoms. The van der Waals surface area contributed by atoms with Gasteiger partial charge in [0, 0.05) is 24.4 Å². The van der Waals surface area contributed by atoms with Crippen molar-refractivity contribution in [1.82, 2.24) is 4.98 Å². The first-order chi connectivity index (χ1) is 6.70. The maximum absolute atomic E-state index is 9.51. The number of nitrogens with zero attached hydrogens (tertiary/aromatic N) is 1. The second-order valence-electron chi connectivity index (χ2n) is 3.76. The van der Waals surface area contributed by atoms with Gasteiger partial charge in [0.1, 0.15) is 0 Å². The van der Waals surface area contributed by atoms with E-state index in [9.17, 15) is 10.2 Å². The van der Waals surface area contributed by atoms with Crippen LogP contribution in [0.4, 0.5) is 0 Å². The Bertz CT molecular complexity index is 304. The van der Waals surface area contributed by atoms with Crippen LogP contribution in [-0.2, 0) is 0 Å². The predicted molar refractivity (Wildman–Crippen MR) is 51.6 cm³/mol. The molecule has 1 saturated carbocycles. The SMILES string of the molecule is N[C@H]1[C@H](O)[C@H](O)C[C@H]1c1ccncc1. The monoisotopic (exact) mass is 194 g/mol. The molecule has 4 N–H and O–H groups in total. The molecule has 1 aliphatic carbocycles. The van der Waals surface area contributed by atoms with E-state index in [1.807, 2.05) is 12.1 Å². The Balaban J connectivity index is 2.21. The van der Waals surface area contributed by atoms with Gasteiger partial charge in [-0.25, -0.2) is 0 Å². The van der Waals surface area contributed by atoms with Gasteiger partial charge in [-0.3, -0.25) is 4.98 Å². The van der Waals surface area contributed by atoms with Crippen LogP contribution in [0.5, 0.6) is 0 Å². The summed E-state index contributed by atoms with van der Waals surface area (Å²) in [5, 5.41) is 19.0. The van der Waals surface area contributed by atoms with Gasteiger partial charge in [0.2, 0.25) is 0 Å². The second-order valence-corrected chi connectivity index (χ2v) is 3.76. The standard InChI is InChI=1S/C10H14N2O2/c11-9-7(5-8(13)10(9)14)6-1-3-12-4-2-6/h1-4,7-10,13-14H,5,11H2/t7-,8+,9+,10+/m0/s1. The van der Waals surface area contributed by atoms with Crippen LogP contribution in [0, 0.1) is 0 Å². The summed E-state index contributed by atoms with van der Waals surface area (Å²) >= 11 is 0. The lowest BCUT2D eigenvalue weighted by Crippen LogP contribution is -2.37. The molecule has 1 aromatic heterocycles. The van der Waals surface area contributed by atoms with Crippen molar-refractivity contribution < 1.29 is 10.2 Å².